The quantitative estimate of drug-likeness (QED) is 0.511. The number of amides is 1. The Hall–Kier alpha value is -3.47. The number of hydrogen-bond acceptors (Lipinski definition) is 4. The van der Waals surface area contributed by atoms with Crippen LogP contribution in [0.3, 0.4) is 0 Å². The zero-order valence-corrected chi connectivity index (χ0v) is 16.6. The van der Waals surface area contributed by atoms with Crippen molar-refractivity contribution >= 4 is 11.6 Å². The van der Waals surface area contributed by atoms with E-state index in [0.717, 1.165) is 5.75 Å². The molecule has 0 spiro atoms. The van der Waals surface area contributed by atoms with Crippen LogP contribution in [0, 0.1) is 0 Å². The summed E-state index contributed by atoms with van der Waals surface area (Å²) < 4.78 is 17.1. The van der Waals surface area contributed by atoms with Crippen LogP contribution in [0.2, 0.25) is 0 Å². The second kappa shape index (κ2) is 10.2. The molecule has 0 unspecified atom stereocenters. The van der Waals surface area contributed by atoms with Gasteiger partial charge in [0.1, 0.15) is 30.5 Å². The first kappa shape index (κ1) is 20.3. The average molecular weight is 391 g/mol. The molecule has 0 fully saturated rings. The van der Waals surface area contributed by atoms with Gasteiger partial charge in [0.15, 0.2) is 0 Å². The number of hydrogen-bond donors (Lipinski definition) is 1. The molecule has 3 aromatic rings. The van der Waals surface area contributed by atoms with Crippen LogP contribution < -0.4 is 19.5 Å². The molecule has 0 aromatic heterocycles. The summed E-state index contributed by atoms with van der Waals surface area (Å²) in [7, 11) is 0. The van der Waals surface area contributed by atoms with Crippen LogP contribution in [0.4, 0.5) is 5.69 Å². The Morgan fingerprint density at radius 3 is 2.31 bits per heavy atom. The zero-order chi connectivity index (χ0) is 20.5. The Balaban J connectivity index is 1.59. The van der Waals surface area contributed by atoms with Gasteiger partial charge in [0.25, 0.3) is 5.91 Å². The van der Waals surface area contributed by atoms with E-state index in [1.807, 2.05) is 68.4 Å². The number of anilines is 1. The topological polar surface area (TPSA) is 56.8 Å². The lowest BCUT2D eigenvalue weighted by Gasteiger charge is -2.14. The summed E-state index contributed by atoms with van der Waals surface area (Å²) in [5.41, 5.74) is 1.12. The Kier molecular flexibility index (Phi) is 7.11. The highest BCUT2D eigenvalue weighted by molar-refractivity contribution is 6.05. The summed E-state index contributed by atoms with van der Waals surface area (Å²) in [6.07, 6.45) is 0.0422. The Morgan fingerprint density at radius 1 is 0.828 bits per heavy atom. The summed E-state index contributed by atoms with van der Waals surface area (Å²) in [4.78, 5) is 12.7. The maximum absolute atomic E-state index is 12.7. The highest BCUT2D eigenvalue weighted by Gasteiger charge is 2.11. The highest BCUT2D eigenvalue weighted by Crippen LogP contribution is 2.25. The van der Waals surface area contributed by atoms with Crippen LogP contribution in [-0.2, 0) is 0 Å². The monoisotopic (exact) mass is 391 g/mol. The molecule has 29 heavy (non-hydrogen) atoms. The molecular weight excluding hydrogens is 366 g/mol. The molecule has 0 saturated carbocycles. The van der Waals surface area contributed by atoms with Crippen LogP contribution in [0.15, 0.2) is 78.9 Å². The second-order valence-corrected chi connectivity index (χ2v) is 6.65. The second-order valence-electron chi connectivity index (χ2n) is 6.65. The van der Waals surface area contributed by atoms with Crippen molar-refractivity contribution in [1.29, 1.82) is 0 Å². The molecule has 3 rings (SSSR count). The maximum Gasteiger partial charge on any atom is 0.255 e. The smallest absolute Gasteiger partial charge is 0.255 e. The normalized spacial score (nSPS) is 10.4. The van der Waals surface area contributed by atoms with E-state index in [4.69, 9.17) is 14.2 Å². The van der Waals surface area contributed by atoms with Crippen molar-refractivity contribution in [2.24, 2.45) is 0 Å². The highest BCUT2D eigenvalue weighted by atomic mass is 16.5. The predicted molar refractivity (Wildman–Crippen MR) is 114 cm³/mol. The summed E-state index contributed by atoms with van der Waals surface area (Å²) in [5, 5.41) is 2.91. The van der Waals surface area contributed by atoms with Crippen LogP contribution >= 0.6 is 0 Å². The SMILES string of the molecule is CC(C)Oc1cccc(C(=O)Nc2ccccc2OCCOc2ccccc2)c1. The molecule has 1 amide bonds. The summed E-state index contributed by atoms with van der Waals surface area (Å²) in [5.74, 6) is 1.82. The van der Waals surface area contributed by atoms with E-state index in [-0.39, 0.29) is 12.0 Å². The van der Waals surface area contributed by atoms with Crippen molar-refractivity contribution in [3.05, 3.63) is 84.4 Å². The van der Waals surface area contributed by atoms with E-state index in [1.54, 1.807) is 24.3 Å². The number of nitrogens with one attached hydrogen (secondary N) is 1. The fourth-order valence-corrected chi connectivity index (χ4v) is 2.70. The third kappa shape index (κ3) is 6.28. The number of ether oxygens (including phenoxy) is 3. The number of carbonyl (C=O) groups excluding carboxylic acids is 1. The van der Waals surface area contributed by atoms with Gasteiger partial charge in [-0.1, -0.05) is 36.4 Å². The van der Waals surface area contributed by atoms with Crippen LogP contribution in [0.25, 0.3) is 0 Å². The minimum atomic E-state index is -0.226. The molecule has 0 saturated heterocycles. The Bertz CT molecular complexity index is 925. The third-order valence-electron chi connectivity index (χ3n) is 3.96. The van der Waals surface area contributed by atoms with Gasteiger partial charge in [-0.05, 0) is 56.3 Å². The molecule has 5 heteroatoms. The molecule has 0 aliphatic heterocycles. The Labute approximate surface area is 171 Å². The molecule has 0 atom stereocenters. The standard InChI is InChI=1S/C24H25NO4/c1-18(2)29-21-12-8-9-19(17-21)24(26)25-22-13-6-7-14-23(22)28-16-15-27-20-10-4-3-5-11-20/h3-14,17-18H,15-16H2,1-2H3,(H,25,26). The largest absolute Gasteiger partial charge is 0.491 e. The lowest BCUT2D eigenvalue weighted by molar-refractivity contribution is 0.102. The number of carbonyl (C=O) groups is 1. The predicted octanol–water partition coefficient (Wildman–Crippen LogP) is 5.18. The summed E-state index contributed by atoms with van der Waals surface area (Å²) in [6, 6.07) is 24.0. The lowest BCUT2D eigenvalue weighted by atomic mass is 10.2. The van der Waals surface area contributed by atoms with Crippen molar-refractivity contribution in [2.75, 3.05) is 18.5 Å². The fraction of sp³-hybridized carbons (Fsp3) is 0.208. The van der Waals surface area contributed by atoms with Crippen LogP contribution in [0.1, 0.15) is 24.2 Å². The van der Waals surface area contributed by atoms with Gasteiger partial charge in [-0.25, -0.2) is 0 Å². The van der Waals surface area contributed by atoms with Crippen molar-refractivity contribution in [2.45, 2.75) is 20.0 Å². The minimum absolute atomic E-state index is 0.0422. The first-order valence-electron chi connectivity index (χ1n) is 9.59. The zero-order valence-electron chi connectivity index (χ0n) is 16.6. The molecular formula is C24H25NO4. The van der Waals surface area contributed by atoms with Crippen molar-refractivity contribution in [3.8, 4) is 17.2 Å². The molecule has 5 nitrogen and oxygen atoms in total. The van der Waals surface area contributed by atoms with Crippen molar-refractivity contribution < 1.29 is 19.0 Å². The first-order chi connectivity index (χ1) is 14.1. The van der Waals surface area contributed by atoms with Crippen LogP contribution in [-0.4, -0.2) is 25.2 Å². The van der Waals surface area contributed by atoms with Gasteiger partial charge in [0.2, 0.25) is 0 Å². The number of para-hydroxylation sites is 3. The average Bonchev–Trinajstić information content (AvgIpc) is 2.73. The van der Waals surface area contributed by atoms with E-state index >= 15 is 0 Å². The van der Waals surface area contributed by atoms with Gasteiger partial charge in [0, 0.05) is 5.56 Å². The van der Waals surface area contributed by atoms with Gasteiger partial charge in [-0.15, -0.1) is 0 Å². The minimum Gasteiger partial charge on any atom is -0.491 e. The molecule has 1 N–H and O–H groups in total. The third-order valence-corrected chi connectivity index (χ3v) is 3.96. The molecule has 0 bridgehead atoms. The molecule has 0 radical (unpaired) electrons. The summed E-state index contributed by atoms with van der Waals surface area (Å²) in [6.45, 7) is 4.66. The lowest BCUT2D eigenvalue weighted by Crippen LogP contribution is -2.15. The first-order valence-corrected chi connectivity index (χ1v) is 9.59. The molecule has 0 aliphatic rings. The van der Waals surface area contributed by atoms with Gasteiger partial charge in [-0.3, -0.25) is 4.79 Å². The van der Waals surface area contributed by atoms with E-state index < -0.39 is 0 Å². The molecule has 0 aliphatic carbocycles. The number of benzene rings is 3. The van der Waals surface area contributed by atoms with Gasteiger partial charge in [0.05, 0.1) is 11.8 Å². The number of rotatable bonds is 9. The summed E-state index contributed by atoms with van der Waals surface area (Å²) >= 11 is 0. The molecule has 3 aromatic carbocycles. The van der Waals surface area contributed by atoms with E-state index in [9.17, 15) is 4.79 Å². The molecule has 150 valence electrons. The van der Waals surface area contributed by atoms with E-state index in [1.165, 1.54) is 0 Å². The van der Waals surface area contributed by atoms with Crippen LogP contribution in [0.5, 0.6) is 17.2 Å². The van der Waals surface area contributed by atoms with Crippen molar-refractivity contribution in [1.82, 2.24) is 0 Å². The van der Waals surface area contributed by atoms with Gasteiger partial charge < -0.3 is 19.5 Å². The van der Waals surface area contributed by atoms with Crippen molar-refractivity contribution in [3.63, 3.8) is 0 Å². The van der Waals surface area contributed by atoms with Gasteiger partial charge >= 0.3 is 0 Å². The molecule has 0 heterocycles. The maximum atomic E-state index is 12.7. The van der Waals surface area contributed by atoms with E-state index in [0.29, 0.717) is 36.0 Å². The van der Waals surface area contributed by atoms with E-state index in [2.05, 4.69) is 5.32 Å². The fourth-order valence-electron chi connectivity index (χ4n) is 2.70. The van der Waals surface area contributed by atoms with Gasteiger partial charge in [-0.2, -0.15) is 0 Å². The Morgan fingerprint density at radius 2 is 1.52 bits per heavy atom.